The third-order valence-corrected chi connectivity index (χ3v) is 3.59. The molecule has 2 heterocycles. The fraction of sp³-hybridized carbons (Fsp3) is 0.0556. The molecule has 0 unspecified atom stereocenters. The van der Waals surface area contributed by atoms with Gasteiger partial charge in [0, 0.05) is 35.4 Å². The van der Waals surface area contributed by atoms with E-state index in [1.807, 2.05) is 6.07 Å². The van der Waals surface area contributed by atoms with Crippen LogP contribution in [0.25, 0.3) is 0 Å². The SMILES string of the molecule is O=C(Nc1ccc2c(c1)OCO2)c1cccc(Nc2cnccn2)c1. The zero-order valence-corrected chi connectivity index (χ0v) is 13.1. The number of benzene rings is 2. The Bertz CT molecular complexity index is 915. The number of nitrogens with one attached hydrogen (secondary N) is 2. The first-order chi connectivity index (χ1) is 12.3. The van der Waals surface area contributed by atoms with Crippen molar-refractivity contribution < 1.29 is 14.3 Å². The lowest BCUT2D eigenvalue weighted by molar-refractivity contribution is 0.102. The van der Waals surface area contributed by atoms with Crippen molar-refractivity contribution in [2.75, 3.05) is 17.4 Å². The van der Waals surface area contributed by atoms with E-state index >= 15 is 0 Å². The molecule has 2 N–H and O–H groups in total. The van der Waals surface area contributed by atoms with Crippen LogP contribution in [0.4, 0.5) is 17.2 Å². The first kappa shape index (κ1) is 14.9. The molecule has 25 heavy (non-hydrogen) atoms. The predicted molar refractivity (Wildman–Crippen MR) is 92.3 cm³/mol. The molecule has 0 spiro atoms. The van der Waals surface area contributed by atoms with Crippen molar-refractivity contribution in [3.63, 3.8) is 0 Å². The summed E-state index contributed by atoms with van der Waals surface area (Å²) in [6, 6.07) is 12.4. The van der Waals surface area contributed by atoms with E-state index in [2.05, 4.69) is 20.6 Å². The van der Waals surface area contributed by atoms with Crippen molar-refractivity contribution in [3.05, 3.63) is 66.6 Å². The van der Waals surface area contributed by atoms with Gasteiger partial charge in [0.05, 0.1) is 6.20 Å². The summed E-state index contributed by atoms with van der Waals surface area (Å²) in [5.74, 6) is 1.68. The van der Waals surface area contributed by atoms with Gasteiger partial charge in [0.1, 0.15) is 5.82 Å². The summed E-state index contributed by atoms with van der Waals surface area (Å²) in [5, 5.41) is 5.96. The van der Waals surface area contributed by atoms with E-state index in [1.165, 1.54) is 0 Å². The molecule has 2 aromatic carbocycles. The second-order valence-corrected chi connectivity index (χ2v) is 5.32. The van der Waals surface area contributed by atoms with Crippen LogP contribution < -0.4 is 20.1 Å². The van der Waals surface area contributed by atoms with Gasteiger partial charge in [0.15, 0.2) is 11.5 Å². The summed E-state index contributed by atoms with van der Waals surface area (Å²) >= 11 is 0. The van der Waals surface area contributed by atoms with Gasteiger partial charge in [-0.2, -0.15) is 0 Å². The third-order valence-electron chi connectivity index (χ3n) is 3.59. The normalized spacial score (nSPS) is 11.8. The Morgan fingerprint density at radius 3 is 2.80 bits per heavy atom. The summed E-state index contributed by atoms with van der Waals surface area (Å²) in [6.45, 7) is 0.197. The second kappa shape index (κ2) is 6.48. The maximum Gasteiger partial charge on any atom is 0.255 e. The standard InChI is InChI=1S/C18H14N4O3/c23-18(22-14-4-5-15-16(9-14)25-11-24-15)12-2-1-3-13(8-12)21-17-10-19-6-7-20-17/h1-10H,11H2,(H,20,21)(H,22,23). The Kier molecular flexibility index (Phi) is 3.88. The Balaban J connectivity index is 1.49. The van der Waals surface area contributed by atoms with E-state index < -0.39 is 0 Å². The van der Waals surface area contributed by atoms with Crippen molar-refractivity contribution in [1.82, 2.24) is 9.97 Å². The maximum atomic E-state index is 12.5. The minimum atomic E-state index is -0.221. The maximum absolute atomic E-state index is 12.5. The first-order valence-corrected chi connectivity index (χ1v) is 7.62. The molecule has 1 aromatic heterocycles. The van der Waals surface area contributed by atoms with E-state index in [0.29, 0.717) is 28.6 Å². The van der Waals surface area contributed by atoms with Crippen LogP contribution in [0.15, 0.2) is 61.1 Å². The van der Waals surface area contributed by atoms with Gasteiger partial charge in [-0.05, 0) is 30.3 Å². The average Bonchev–Trinajstić information content (AvgIpc) is 3.10. The van der Waals surface area contributed by atoms with Gasteiger partial charge in [-0.25, -0.2) is 4.98 Å². The van der Waals surface area contributed by atoms with Crippen LogP contribution in [0.3, 0.4) is 0 Å². The van der Waals surface area contributed by atoms with Gasteiger partial charge < -0.3 is 20.1 Å². The van der Waals surface area contributed by atoms with E-state index in [9.17, 15) is 4.79 Å². The number of amides is 1. The first-order valence-electron chi connectivity index (χ1n) is 7.62. The molecule has 1 amide bonds. The molecule has 0 atom stereocenters. The smallest absolute Gasteiger partial charge is 0.255 e. The highest BCUT2D eigenvalue weighted by Gasteiger charge is 2.14. The summed E-state index contributed by atoms with van der Waals surface area (Å²) in [5.41, 5.74) is 1.91. The van der Waals surface area contributed by atoms with Gasteiger partial charge in [-0.1, -0.05) is 6.07 Å². The number of nitrogens with zero attached hydrogens (tertiary/aromatic N) is 2. The number of anilines is 3. The highest BCUT2D eigenvalue weighted by atomic mass is 16.7. The molecule has 1 aliphatic rings. The van der Waals surface area contributed by atoms with Crippen LogP contribution in [0, 0.1) is 0 Å². The number of rotatable bonds is 4. The molecule has 7 nitrogen and oxygen atoms in total. The summed E-state index contributed by atoms with van der Waals surface area (Å²) < 4.78 is 10.6. The highest BCUT2D eigenvalue weighted by molar-refractivity contribution is 6.05. The Labute approximate surface area is 143 Å². The highest BCUT2D eigenvalue weighted by Crippen LogP contribution is 2.34. The largest absolute Gasteiger partial charge is 0.454 e. The van der Waals surface area contributed by atoms with Gasteiger partial charge in [0.2, 0.25) is 6.79 Å². The molecule has 4 rings (SSSR count). The summed E-state index contributed by atoms with van der Waals surface area (Å²) in [6.07, 6.45) is 4.80. The number of carbonyl (C=O) groups is 1. The van der Waals surface area contributed by atoms with Crippen LogP contribution in [-0.2, 0) is 0 Å². The molecule has 0 aliphatic carbocycles. The van der Waals surface area contributed by atoms with Gasteiger partial charge in [-0.15, -0.1) is 0 Å². The Hall–Kier alpha value is -3.61. The summed E-state index contributed by atoms with van der Waals surface area (Å²) in [4.78, 5) is 20.6. The average molecular weight is 334 g/mol. The van der Waals surface area contributed by atoms with Crippen molar-refractivity contribution in [2.24, 2.45) is 0 Å². The zero-order valence-electron chi connectivity index (χ0n) is 13.1. The molecule has 3 aromatic rings. The Morgan fingerprint density at radius 1 is 1.00 bits per heavy atom. The molecule has 7 heteroatoms. The van der Waals surface area contributed by atoms with Crippen molar-refractivity contribution in [1.29, 1.82) is 0 Å². The van der Waals surface area contributed by atoms with Crippen LogP contribution >= 0.6 is 0 Å². The molecule has 1 aliphatic heterocycles. The molecule has 124 valence electrons. The molecule has 0 fully saturated rings. The fourth-order valence-corrected chi connectivity index (χ4v) is 2.43. The van der Waals surface area contributed by atoms with Gasteiger partial charge in [0.25, 0.3) is 5.91 Å². The number of fused-ring (bicyclic) bond motifs is 1. The fourth-order valence-electron chi connectivity index (χ4n) is 2.43. The van der Waals surface area contributed by atoms with E-state index in [0.717, 1.165) is 5.69 Å². The minimum Gasteiger partial charge on any atom is -0.454 e. The molecular formula is C18H14N4O3. The molecule has 0 bridgehead atoms. The molecule has 0 saturated heterocycles. The van der Waals surface area contributed by atoms with Crippen LogP contribution in [0.5, 0.6) is 11.5 Å². The lowest BCUT2D eigenvalue weighted by atomic mass is 10.1. The molecular weight excluding hydrogens is 320 g/mol. The second-order valence-electron chi connectivity index (χ2n) is 5.32. The van der Waals surface area contributed by atoms with Crippen LogP contribution in [0.2, 0.25) is 0 Å². The van der Waals surface area contributed by atoms with Crippen molar-refractivity contribution in [2.45, 2.75) is 0 Å². The zero-order chi connectivity index (χ0) is 17.1. The minimum absolute atomic E-state index is 0.197. The van der Waals surface area contributed by atoms with E-state index in [-0.39, 0.29) is 12.7 Å². The topological polar surface area (TPSA) is 85.4 Å². The van der Waals surface area contributed by atoms with Gasteiger partial charge in [-0.3, -0.25) is 9.78 Å². The molecule has 0 radical (unpaired) electrons. The lowest BCUT2D eigenvalue weighted by Crippen LogP contribution is -2.12. The summed E-state index contributed by atoms with van der Waals surface area (Å²) in [7, 11) is 0. The van der Waals surface area contributed by atoms with Gasteiger partial charge >= 0.3 is 0 Å². The van der Waals surface area contributed by atoms with Crippen LogP contribution in [0.1, 0.15) is 10.4 Å². The lowest BCUT2D eigenvalue weighted by Gasteiger charge is -2.09. The number of ether oxygens (including phenoxy) is 2. The monoisotopic (exact) mass is 334 g/mol. The number of aromatic nitrogens is 2. The van der Waals surface area contributed by atoms with Crippen molar-refractivity contribution >= 4 is 23.1 Å². The van der Waals surface area contributed by atoms with E-state index in [1.54, 1.807) is 55.0 Å². The number of hydrogen-bond acceptors (Lipinski definition) is 6. The van der Waals surface area contributed by atoms with Crippen molar-refractivity contribution in [3.8, 4) is 11.5 Å². The molecule has 0 saturated carbocycles. The number of carbonyl (C=O) groups excluding carboxylic acids is 1. The predicted octanol–water partition coefficient (Wildman–Crippen LogP) is 3.20. The van der Waals surface area contributed by atoms with E-state index in [4.69, 9.17) is 9.47 Å². The number of hydrogen-bond donors (Lipinski definition) is 2. The van der Waals surface area contributed by atoms with Crippen LogP contribution in [-0.4, -0.2) is 22.7 Å². The quantitative estimate of drug-likeness (QED) is 0.762. The Morgan fingerprint density at radius 2 is 1.92 bits per heavy atom. The third kappa shape index (κ3) is 3.35.